The van der Waals surface area contributed by atoms with Crippen molar-refractivity contribution in [3.63, 3.8) is 0 Å². The summed E-state index contributed by atoms with van der Waals surface area (Å²) in [5, 5.41) is 12.3. The first kappa shape index (κ1) is 34.1. The van der Waals surface area contributed by atoms with Crippen molar-refractivity contribution in [2.45, 2.75) is 0 Å². The number of nitrogens with zero attached hydrogens (tertiary/aromatic N) is 1. The SMILES string of the molecule is c1ccc(-c2cccc(N(c3cccc(-c4cc5ccc6ccccc6c5c5c4ccc4ccccc45)c3)c3ccc4c(c3)oc3cccc(-c5ccccc5)c34)c2)cc1. The Balaban J connectivity index is 1.08. The van der Waals surface area contributed by atoms with Gasteiger partial charge in [0.25, 0.3) is 0 Å². The van der Waals surface area contributed by atoms with Crippen LogP contribution in [-0.2, 0) is 0 Å². The van der Waals surface area contributed by atoms with Gasteiger partial charge < -0.3 is 9.32 Å². The van der Waals surface area contributed by atoms with E-state index in [0.717, 1.165) is 50.1 Å². The van der Waals surface area contributed by atoms with Crippen molar-refractivity contribution in [2.75, 3.05) is 4.90 Å². The molecule has 60 heavy (non-hydrogen) atoms. The number of furan rings is 1. The largest absolute Gasteiger partial charge is 0.456 e. The molecule has 1 aromatic heterocycles. The molecule has 280 valence electrons. The fraction of sp³-hybridized carbons (Fsp3) is 0. The third-order valence-electron chi connectivity index (χ3n) is 12.2. The highest BCUT2D eigenvalue weighted by Gasteiger charge is 2.20. The number of anilines is 3. The monoisotopic (exact) mass is 763 g/mol. The summed E-state index contributed by atoms with van der Waals surface area (Å²) in [4.78, 5) is 2.37. The quantitative estimate of drug-likeness (QED) is 0.157. The summed E-state index contributed by atoms with van der Waals surface area (Å²) in [6.07, 6.45) is 0. The van der Waals surface area contributed by atoms with Crippen LogP contribution in [0.4, 0.5) is 17.1 Å². The van der Waals surface area contributed by atoms with E-state index in [0.29, 0.717) is 0 Å². The van der Waals surface area contributed by atoms with Crippen LogP contribution in [-0.4, -0.2) is 0 Å². The van der Waals surface area contributed by atoms with Gasteiger partial charge in [-0.2, -0.15) is 0 Å². The van der Waals surface area contributed by atoms with E-state index in [1.165, 1.54) is 65.3 Å². The lowest BCUT2D eigenvalue weighted by Gasteiger charge is -2.27. The molecule has 0 aliphatic heterocycles. The predicted octanol–water partition coefficient (Wildman–Crippen LogP) is 16.7. The lowest BCUT2D eigenvalue weighted by molar-refractivity contribution is 0.669. The Morgan fingerprint density at radius 3 is 1.60 bits per heavy atom. The maximum Gasteiger partial charge on any atom is 0.137 e. The maximum atomic E-state index is 6.69. The van der Waals surface area contributed by atoms with Crippen LogP contribution in [0.5, 0.6) is 0 Å². The van der Waals surface area contributed by atoms with E-state index in [-0.39, 0.29) is 0 Å². The highest BCUT2D eigenvalue weighted by molar-refractivity contribution is 6.30. The second-order valence-electron chi connectivity index (χ2n) is 15.6. The van der Waals surface area contributed by atoms with Gasteiger partial charge in [0.05, 0.1) is 0 Å². The zero-order chi connectivity index (χ0) is 39.6. The minimum atomic E-state index is 0.853. The molecule has 12 aromatic rings. The summed E-state index contributed by atoms with van der Waals surface area (Å²) in [5.74, 6) is 0. The second-order valence-corrected chi connectivity index (χ2v) is 15.6. The fourth-order valence-corrected chi connectivity index (χ4v) is 9.45. The highest BCUT2D eigenvalue weighted by Crippen LogP contribution is 2.45. The Morgan fingerprint density at radius 1 is 0.267 bits per heavy atom. The van der Waals surface area contributed by atoms with Crippen LogP contribution in [0.3, 0.4) is 0 Å². The van der Waals surface area contributed by atoms with E-state index in [2.05, 4.69) is 229 Å². The Hall–Kier alpha value is -7.94. The van der Waals surface area contributed by atoms with E-state index < -0.39 is 0 Å². The van der Waals surface area contributed by atoms with Crippen LogP contribution in [0.15, 0.2) is 229 Å². The van der Waals surface area contributed by atoms with Crippen LogP contribution in [0.1, 0.15) is 0 Å². The molecule has 0 saturated heterocycles. The molecule has 0 radical (unpaired) electrons. The van der Waals surface area contributed by atoms with Gasteiger partial charge in [-0.15, -0.1) is 0 Å². The molecular weight excluding hydrogens is 727 g/mol. The van der Waals surface area contributed by atoms with Gasteiger partial charge in [-0.05, 0) is 125 Å². The Kier molecular flexibility index (Phi) is 7.89. The second kappa shape index (κ2) is 13.9. The van der Waals surface area contributed by atoms with Crippen molar-refractivity contribution < 1.29 is 4.42 Å². The number of fused-ring (bicyclic) bond motifs is 10. The van der Waals surface area contributed by atoms with E-state index in [1.54, 1.807) is 0 Å². The Morgan fingerprint density at radius 2 is 0.833 bits per heavy atom. The van der Waals surface area contributed by atoms with Crippen molar-refractivity contribution in [3.05, 3.63) is 224 Å². The number of hydrogen-bond donors (Lipinski definition) is 0. The summed E-state index contributed by atoms with van der Waals surface area (Å²) in [5.41, 5.74) is 11.9. The fourth-order valence-electron chi connectivity index (χ4n) is 9.45. The van der Waals surface area contributed by atoms with Crippen LogP contribution in [0, 0.1) is 0 Å². The lowest BCUT2D eigenvalue weighted by Crippen LogP contribution is -2.10. The van der Waals surface area contributed by atoms with Crippen molar-refractivity contribution >= 4 is 82.1 Å². The smallest absolute Gasteiger partial charge is 0.137 e. The predicted molar refractivity (Wildman–Crippen MR) is 255 cm³/mol. The van der Waals surface area contributed by atoms with E-state index in [4.69, 9.17) is 4.42 Å². The summed E-state index contributed by atoms with van der Waals surface area (Å²) in [6, 6.07) is 81.2. The summed E-state index contributed by atoms with van der Waals surface area (Å²) < 4.78 is 6.69. The third-order valence-corrected chi connectivity index (χ3v) is 12.2. The average molecular weight is 764 g/mol. The van der Waals surface area contributed by atoms with E-state index >= 15 is 0 Å². The topological polar surface area (TPSA) is 16.4 Å². The lowest BCUT2D eigenvalue weighted by atomic mass is 9.88. The third kappa shape index (κ3) is 5.57. The number of hydrogen-bond acceptors (Lipinski definition) is 2. The highest BCUT2D eigenvalue weighted by atomic mass is 16.3. The minimum absolute atomic E-state index is 0.853. The Bertz CT molecular complexity index is 3600. The molecule has 2 nitrogen and oxygen atoms in total. The molecular formula is C58H37NO. The molecule has 0 unspecified atom stereocenters. The van der Waals surface area contributed by atoms with Crippen molar-refractivity contribution in [2.24, 2.45) is 0 Å². The van der Waals surface area contributed by atoms with Gasteiger partial charge in [0.2, 0.25) is 0 Å². The van der Waals surface area contributed by atoms with Gasteiger partial charge in [-0.25, -0.2) is 0 Å². The molecule has 0 aliphatic carbocycles. The van der Waals surface area contributed by atoms with Gasteiger partial charge >= 0.3 is 0 Å². The first-order chi connectivity index (χ1) is 29.7. The van der Waals surface area contributed by atoms with Crippen LogP contribution in [0.2, 0.25) is 0 Å². The first-order valence-corrected chi connectivity index (χ1v) is 20.6. The van der Waals surface area contributed by atoms with Crippen LogP contribution < -0.4 is 4.90 Å². The van der Waals surface area contributed by atoms with Gasteiger partial charge in [0, 0.05) is 33.9 Å². The molecule has 0 N–H and O–H groups in total. The van der Waals surface area contributed by atoms with Gasteiger partial charge in [-0.1, -0.05) is 170 Å². The molecule has 2 heteroatoms. The number of rotatable bonds is 6. The summed E-state index contributed by atoms with van der Waals surface area (Å²) in [6.45, 7) is 0. The van der Waals surface area contributed by atoms with Gasteiger partial charge in [0.15, 0.2) is 0 Å². The van der Waals surface area contributed by atoms with Gasteiger partial charge in [-0.3, -0.25) is 0 Å². The maximum absolute atomic E-state index is 6.69. The van der Waals surface area contributed by atoms with Crippen LogP contribution in [0.25, 0.3) is 98.4 Å². The summed E-state index contributed by atoms with van der Waals surface area (Å²) in [7, 11) is 0. The van der Waals surface area contributed by atoms with E-state index in [9.17, 15) is 0 Å². The standard InChI is InChI=1S/C58H37NO/c1-3-14-38(15-4-1)42-20-11-22-45(34-42)59(47-31-33-52-55(37-47)60-54-27-13-26-49(57(52)54)39-16-5-2-6-17-39)46-23-12-21-43(35-46)53-36-44-29-28-40-18-7-9-24-48(40)56(44)58-50-25-10-8-19-41(50)30-32-51(53)58/h1-37H. The minimum Gasteiger partial charge on any atom is -0.456 e. The normalized spacial score (nSPS) is 11.7. The molecule has 0 bridgehead atoms. The van der Waals surface area contributed by atoms with Crippen LogP contribution >= 0.6 is 0 Å². The zero-order valence-corrected chi connectivity index (χ0v) is 32.7. The molecule has 0 fully saturated rings. The van der Waals surface area contributed by atoms with Crippen molar-refractivity contribution in [3.8, 4) is 33.4 Å². The molecule has 0 saturated carbocycles. The van der Waals surface area contributed by atoms with Crippen molar-refractivity contribution in [1.82, 2.24) is 0 Å². The molecule has 0 aliphatic rings. The average Bonchev–Trinajstić information content (AvgIpc) is 3.70. The molecule has 11 aromatic carbocycles. The zero-order valence-electron chi connectivity index (χ0n) is 32.7. The molecule has 0 spiro atoms. The molecule has 12 rings (SSSR count). The summed E-state index contributed by atoms with van der Waals surface area (Å²) >= 11 is 0. The molecule has 1 heterocycles. The molecule has 0 atom stereocenters. The Labute approximate surface area is 347 Å². The first-order valence-electron chi connectivity index (χ1n) is 20.6. The van der Waals surface area contributed by atoms with E-state index in [1.807, 2.05) is 0 Å². The molecule has 0 amide bonds. The van der Waals surface area contributed by atoms with Gasteiger partial charge in [0.1, 0.15) is 11.2 Å². The number of benzene rings is 11. The van der Waals surface area contributed by atoms with Crippen molar-refractivity contribution in [1.29, 1.82) is 0 Å².